The molecule has 2 atom stereocenters. The Hall–Kier alpha value is -1.16. The number of benzene rings is 1. The van der Waals surface area contributed by atoms with Crippen LogP contribution in [-0.4, -0.2) is 26.1 Å². The summed E-state index contributed by atoms with van der Waals surface area (Å²) in [6, 6.07) is 7.48. The maximum atomic E-state index is 12.8. The Morgan fingerprint density at radius 2 is 1.65 bits per heavy atom. The van der Waals surface area contributed by atoms with E-state index in [-0.39, 0.29) is 27.8 Å². The van der Waals surface area contributed by atoms with Gasteiger partial charge in [-0.05, 0) is 70.7 Å². The van der Waals surface area contributed by atoms with Gasteiger partial charge in [-0.25, -0.2) is 0 Å². The number of carbonyl (C=O) groups excluding carboxylic acids is 1. The van der Waals surface area contributed by atoms with Crippen LogP contribution in [-0.2, 0) is 10.8 Å². The molecule has 0 aromatic heterocycles. The summed E-state index contributed by atoms with van der Waals surface area (Å²) in [6.07, 6.45) is 4.79. The van der Waals surface area contributed by atoms with Crippen molar-refractivity contribution in [3.8, 4) is 5.75 Å². The second-order valence-corrected chi connectivity index (χ2v) is 9.77. The van der Waals surface area contributed by atoms with Crippen molar-refractivity contribution in [2.24, 2.45) is 5.92 Å². The molecule has 0 amide bonds. The first-order chi connectivity index (χ1) is 10.8. The molecular formula is C19H26O3S. The highest BCUT2D eigenvalue weighted by molar-refractivity contribution is 7.86. The van der Waals surface area contributed by atoms with Crippen molar-refractivity contribution >= 4 is 16.6 Å². The van der Waals surface area contributed by atoms with E-state index >= 15 is 0 Å². The number of fused-ring (bicyclic) bond motifs is 2. The highest BCUT2D eigenvalue weighted by Gasteiger charge is 2.40. The van der Waals surface area contributed by atoms with Crippen LogP contribution in [0.1, 0.15) is 63.2 Å². The SMILES string of the molecule is CC(C)(C)Oc1ccc(C(=O)C2CC3CCCC(C2)S3=O)cc1. The van der Waals surface area contributed by atoms with Gasteiger partial charge in [0.1, 0.15) is 11.4 Å². The maximum Gasteiger partial charge on any atom is 0.166 e. The van der Waals surface area contributed by atoms with E-state index in [0.29, 0.717) is 0 Å². The van der Waals surface area contributed by atoms with Crippen LogP contribution in [0.4, 0.5) is 0 Å². The molecule has 126 valence electrons. The van der Waals surface area contributed by atoms with E-state index in [9.17, 15) is 9.00 Å². The van der Waals surface area contributed by atoms with Crippen molar-refractivity contribution in [1.29, 1.82) is 0 Å². The average molecular weight is 334 g/mol. The van der Waals surface area contributed by atoms with Gasteiger partial charge in [-0.2, -0.15) is 0 Å². The van der Waals surface area contributed by atoms with Gasteiger partial charge in [-0.3, -0.25) is 9.00 Å². The zero-order valence-corrected chi connectivity index (χ0v) is 15.0. The summed E-state index contributed by atoms with van der Waals surface area (Å²) in [7, 11) is -0.717. The Morgan fingerprint density at radius 3 is 2.17 bits per heavy atom. The number of ether oxygens (including phenoxy) is 1. The molecule has 1 aromatic carbocycles. The van der Waals surface area contributed by atoms with Crippen LogP contribution in [0, 0.1) is 5.92 Å². The second kappa shape index (κ2) is 6.39. The predicted octanol–water partition coefficient (Wildman–Crippen LogP) is 4.13. The second-order valence-electron chi connectivity index (χ2n) is 7.77. The molecular weight excluding hydrogens is 308 g/mol. The van der Waals surface area contributed by atoms with E-state index in [1.807, 2.05) is 45.0 Å². The Balaban J connectivity index is 1.70. The molecule has 0 radical (unpaired) electrons. The number of Topliss-reactive ketones (excluding diaryl/α,β-unsaturated/α-hetero) is 1. The van der Waals surface area contributed by atoms with Gasteiger partial charge < -0.3 is 4.74 Å². The van der Waals surface area contributed by atoms with Crippen LogP contribution < -0.4 is 4.74 Å². The molecule has 2 bridgehead atoms. The van der Waals surface area contributed by atoms with Gasteiger partial charge in [-0.1, -0.05) is 6.42 Å². The van der Waals surface area contributed by atoms with Gasteiger partial charge in [0.2, 0.25) is 0 Å². The first kappa shape index (κ1) is 16.7. The summed E-state index contributed by atoms with van der Waals surface area (Å²) in [5, 5.41) is 0.472. The molecule has 2 fully saturated rings. The summed E-state index contributed by atoms with van der Waals surface area (Å²) in [6.45, 7) is 6.02. The van der Waals surface area contributed by atoms with Crippen LogP contribution in [0.5, 0.6) is 5.75 Å². The Kier molecular flexibility index (Phi) is 4.63. The van der Waals surface area contributed by atoms with E-state index in [4.69, 9.17) is 4.74 Å². The standard InChI is InChI=1S/C19H26O3S/c1-19(2,3)22-15-9-7-13(8-10-15)18(20)14-11-16-5-4-6-17(12-14)23(16)21/h7-10,14,16-17H,4-6,11-12H2,1-3H3. The van der Waals surface area contributed by atoms with Crippen molar-refractivity contribution in [2.75, 3.05) is 0 Å². The van der Waals surface area contributed by atoms with Gasteiger partial charge in [0.05, 0.1) is 0 Å². The molecule has 0 N–H and O–H groups in total. The van der Waals surface area contributed by atoms with Gasteiger partial charge in [0.15, 0.2) is 5.78 Å². The van der Waals surface area contributed by atoms with Gasteiger partial charge >= 0.3 is 0 Å². The number of rotatable bonds is 3. The van der Waals surface area contributed by atoms with Crippen LogP contribution in [0.3, 0.4) is 0 Å². The summed E-state index contributed by atoms with van der Waals surface area (Å²) in [4.78, 5) is 12.8. The largest absolute Gasteiger partial charge is 0.488 e. The summed E-state index contributed by atoms with van der Waals surface area (Å²) in [5.74, 6) is 1.04. The molecule has 0 spiro atoms. The van der Waals surface area contributed by atoms with Crippen molar-refractivity contribution in [1.82, 2.24) is 0 Å². The van der Waals surface area contributed by atoms with E-state index in [1.54, 1.807) is 0 Å². The van der Waals surface area contributed by atoms with Gasteiger partial charge in [0.25, 0.3) is 0 Å². The Morgan fingerprint density at radius 1 is 1.09 bits per heavy atom. The number of hydrogen-bond acceptors (Lipinski definition) is 3. The van der Waals surface area contributed by atoms with Gasteiger partial charge in [-0.15, -0.1) is 0 Å². The van der Waals surface area contributed by atoms with E-state index < -0.39 is 10.8 Å². The molecule has 2 aliphatic rings. The summed E-state index contributed by atoms with van der Waals surface area (Å²) in [5.41, 5.74) is 0.512. The highest BCUT2D eigenvalue weighted by Crippen LogP contribution is 2.38. The molecule has 2 saturated heterocycles. The minimum Gasteiger partial charge on any atom is -0.488 e. The molecule has 2 aliphatic heterocycles. The lowest BCUT2D eigenvalue weighted by Gasteiger charge is -2.37. The van der Waals surface area contributed by atoms with E-state index in [0.717, 1.165) is 37.0 Å². The van der Waals surface area contributed by atoms with Crippen molar-refractivity contribution in [3.63, 3.8) is 0 Å². The zero-order chi connectivity index (χ0) is 16.6. The van der Waals surface area contributed by atoms with Crippen LogP contribution in [0.2, 0.25) is 0 Å². The molecule has 2 unspecified atom stereocenters. The summed E-state index contributed by atoms with van der Waals surface area (Å²) >= 11 is 0. The lowest BCUT2D eigenvalue weighted by molar-refractivity contribution is 0.0895. The van der Waals surface area contributed by atoms with Crippen LogP contribution >= 0.6 is 0 Å². The first-order valence-corrected chi connectivity index (χ1v) is 9.84. The molecule has 4 heteroatoms. The van der Waals surface area contributed by atoms with Crippen molar-refractivity contribution in [3.05, 3.63) is 29.8 Å². The summed E-state index contributed by atoms with van der Waals surface area (Å²) < 4.78 is 18.1. The number of carbonyl (C=O) groups is 1. The molecule has 0 saturated carbocycles. The minimum absolute atomic E-state index is 0.0392. The smallest absolute Gasteiger partial charge is 0.166 e. The van der Waals surface area contributed by atoms with Crippen molar-refractivity contribution in [2.45, 2.75) is 69.0 Å². The van der Waals surface area contributed by atoms with Crippen LogP contribution in [0.15, 0.2) is 24.3 Å². The highest BCUT2D eigenvalue weighted by atomic mass is 32.2. The molecule has 3 nitrogen and oxygen atoms in total. The third-order valence-electron chi connectivity index (χ3n) is 4.74. The maximum absolute atomic E-state index is 12.8. The lowest BCUT2D eigenvalue weighted by Crippen LogP contribution is -2.41. The fourth-order valence-electron chi connectivity index (χ4n) is 3.72. The van der Waals surface area contributed by atoms with Gasteiger partial charge in [0, 0.05) is 32.8 Å². The van der Waals surface area contributed by atoms with E-state index in [1.165, 1.54) is 6.42 Å². The molecule has 23 heavy (non-hydrogen) atoms. The quantitative estimate of drug-likeness (QED) is 0.781. The Bertz CT molecular complexity index is 584. The monoisotopic (exact) mass is 334 g/mol. The third kappa shape index (κ3) is 3.85. The minimum atomic E-state index is -0.717. The van der Waals surface area contributed by atoms with Crippen LogP contribution in [0.25, 0.3) is 0 Å². The fraction of sp³-hybridized carbons (Fsp3) is 0.632. The molecule has 0 aliphatic carbocycles. The normalized spacial score (nSPS) is 30.7. The Labute approximate surface area is 141 Å². The number of ketones is 1. The zero-order valence-electron chi connectivity index (χ0n) is 14.2. The first-order valence-electron chi connectivity index (χ1n) is 8.56. The fourth-order valence-corrected chi connectivity index (χ4v) is 5.91. The molecule has 1 aromatic rings. The topological polar surface area (TPSA) is 43.4 Å². The third-order valence-corrected chi connectivity index (χ3v) is 6.91. The average Bonchev–Trinajstić information content (AvgIpc) is 2.45. The predicted molar refractivity (Wildman–Crippen MR) is 93.4 cm³/mol. The van der Waals surface area contributed by atoms with E-state index in [2.05, 4.69) is 0 Å². The van der Waals surface area contributed by atoms with Crippen molar-refractivity contribution < 1.29 is 13.7 Å². The molecule has 3 rings (SSSR count). The molecule has 2 heterocycles. The number of hydrogen-bond donors (Lipinski definition) is 0. The lowest BCUT2D eigenvalue weighted by atomic mass is 9.84.